The van der Waals surface area contributed by atoms with Crippen molar-refractivity contribution in [3.63, 3.8) is 0 Å². The van der Waals surface area contributed by atoms with Gasteiger partial charge in [0.2, 0.25) is 5.91 Å². The second kappa shape index (κ2) is 7.75. The van der Waals surface area contributed by atoms with Gasteiger partial charge in [0.05, 0.1) is 31.4 Å². The zero-order valence-electron chi connectivity index (χ0n) is 17.1. The van der Waals surface area contributed by atoms with Gasteiger partial charge in [-0.2, -0.15) is 0 Å². The fourth-order valence-electron chi connectivity index (χ4n) is 4.52. The quantitative estimate of drug-likeness (QED) is 0.760. The molecule has 8 heteroatoms. The van der Waals surface area contributed by atoms with Crippen LogP contribution in [0.15, 0.2) is 30.5 Å². The zero-order chi connectivity index (χ0) is 20.7. The standard InChI is InChI=1S/C22H26N4O4/c1-15-21-23-17(13-20(27)24-8-10-29-11-9-24)14-25(21)6-7-26(15)22(28)19-12-16-4-2-3-5-18(16)30-19/h2-5,14-15,19H,6-13H2,1H3/t15-,19+/m1/s1. The Morgan fingerprint density at radius 2 is 1.93 bits per heavy atom. The molecule has 1 saturated heterocycles. The fraction of sp³-hybridized carbons (Fsp3) is 0.500. The van der Waals surface area contributed by atoms with Crippen molar-refractivity contribution in [1.29, 1.82) is 0 Å². The molecule has 3 aliphatic heterocycles. The van der Waals surface area contributed by atoms with Crippen LogP contribution in [0, 0.1) is 0 Å². The summed E-state index contributed by atoms with van der Waals surface area (Å²) in [6.07, 6.45) is 2.36. The summed E-state index contributed by atoms with van der Waals surface area (Å²) in [6, 6.07) is 7.64. The van der Waals surface area contributed by atoms with Crippen LogP contribution in [0.3, 0.4) is 0 Å². The van der Waals surface area contributed by atoms with Crippen molar-refractivity contribution in [3.8, 4) is 5.75 Å². The summed E-state index contributed by atoms with van der Waals surface area (Å²) in [5, 5.41) is 0. The maximum Gasteiger partial charge on any atom is 0.264 e. The first-order valence-corrected chi connectivity index (χ1v) is 10.6. The van der Waals surface area contributed by atoms with E-state index in [1.165, 1.54) is 0 Å². The number of benzene rings is 1. The van der Waals surface area contributed by atoms with Gasteiger partial charge >= 0.3 is 0 Å². The van der Waals surface area contributed by atoms with Gasteiger partial charge in [0.1, 0.15) is 11.6 Å². The number of fused-ring (bicyclic) bond motifs is 2. The van der Waals surface area contributed by atoms with Gasteiger partial charge in [-0.15, -0.1) is 0 Å². The van der Waals surface area contributed by atoms with Crippen LogP contribution < -0.4 is 4.74 Å². The summed E-state index contributed by atoms with van der Waals surface area (Å²) in [5.41, 5.74) is 1.83. The first kappa shape index (κ1) is 19.1. The second-order valence-corrected chi connectivity index (χ2v) is 8.08. The van der Waals surface area contributed by atoms with Crippen molar-refractivity contribution in [2.75, 3.05) is 32.8 Å². The summed E-state index contributed by atoms with van der Waals surface area (Å²) in [4.78, 5) is 34.1. The highest BCUT2D eigenvalue weighted by Crippen LogP contribution is 2.32. The van der Waals surface area contributed by atoms with E-state index in [9.17, 15) is 9.59 Å². The predicted octanol–water partition coefficient (Wildman–Crippen LogP) is 1.19. The Kier molecular flexibility index (Phi) is 4.94. The van der Waals surface area contributed by atoms with Crippen molar-refractivity contribution in [2.24, 2.45) is 0 Å². The molecule has 0 saturated carbocycles. The largest absolute Gasteiger partial charge is 0.480 e. The van der Waals surface area contributed by atoms with Gasteiger partial charge in [-0.1, -0.05) is 18.2 Å². The average Bonchev–Trinajstić information content (AvgIpc) is 3.38. The van der Waals surface area contributed by atoms with Crippen molar-refractivity contribution in [2.45, 2.75) is 38.5 Å². The summed E-state index contributed by atoms with van der Waals surface area (Å²) in [6.45, 7) is 5.72. The molecule has 4 heterocycles. The Morgan fingerprint density at radius 1 is 1.13 bits per heavy atom. The van der Waals surface area contributed by atoms with Crippen LogP contribution in [0.2, 0.25) is 0 Å². The Bertz CT molecular complexity index is 941. The van der Waals surface area contributed by atoms with Crippen molar-refractivity contribution < 1.29 is 19.1 Å². The number of rotatable bonds is 3. The van der Waals surface area contributed by atoms with Gasteiger partial charge in [-0.3, -0.25) is 9.59 Å². The van der Waals surface area contributed by atoms with E-state index in [1.807, 2.05) is 47.2 Å². The minimum Gasteiger partial charge on any atom is -0.480 e. The van der Waals surface area contributed by atoms with Gasteiger partial charge < -0.3 is 23.8 Å². The van der Waals surface area contributed by atoms with E-state index >= 15 is 0 Å². The topological polar surface area (TPSA) is 76.9 Å². The Labute approximate surface area is 175 Å². The second-order valence-electron chi connectivity index (χ2n) is 8.08. The van der Waals surface area contributed by atoms with Crippen molar-refractivity contribution in [1.82, 2.24) is 19.4 Å². The van der Waals surface area contributed by atoms with Crippen LogP contribution in [0.25, 0.3) is 0 Å². The molecule has 0 N–H and O–H groups in total. The number of ether oxygens (including phenoxy) is 2. The minimum atomic E-state index is -0.478. The van der Waals surface area contributed by atoms with Gasteiger partial charge in [0, 0.05) is 38.8 Å². The molecule has 1 aromatic heterocycles. The summed E-state index contributed by atoms with van der Waals surface area (Å²) < 4.78 is 13.3. The molecule has 30 heavy (non-hydrogen) atoms. The van der Waals surface area contributed by atoms with E-state index in [2.05, 4.69) is 4.57 Å². The van der Waals surface area contributed by atoms with E-state index in [0.717, 1.165) is 22.8 Å². The maximum atomic E-state index is 13.2. The van der Waals surface area contributed by atoms with Crippen LogP contribution in [-0.2, 0) is 33.7 Å². The molecule has 0 unspecified atom stereocenters. The molecule has 2 atom stereocenters. The van der Waals surface area contributed by atoms with E-state index in [1.54, 1.807) is 0 Å². The number of aromatic nitrogens is 2. The smallest absolute Gasteiger partial charge is 0.264 e. The van der Waals surface area contributed by atoms with Gasteiger partial charge in [-0.25, -0.2) is 4.98 Å². The third-order valence-corrected chi connectivity index (χ3v) is 6.18. The molecule has 2 amide bonds. The van der Waals surface area contributed by atoms with Crippen LogP contribution in [0.5, 0.6) is 5.75 Å². The number of carbonyl (C=O) groups excluding carboxylic acids is 2. The Hall–Kier alpha value is -2.87. The van der Waals surface area contributed by atoms with Crippen LogP contribution >= 0.6 is 0 Å². The highest BCUT2D eigenvalue weighted by Gasteiger charge is 2.37. The first-order chi connectivity index (χ1) is 14.6. The summed E-state index contributed by atoms with van der Waals surface area (Å²) >= 11 is 0. The molecule has 0 spiro atoms. The van der Waals surface area contributed by atoms with Crippen molar-refractivity contribution >= 4 is 11.8 Å². The number of amides is 2. The molecular formula is C22H26N4O4. The Morgan fingerprint density at radius 3 is 2.73 bits per heavy atom. The molecule has 0 bridgehead atoms. The fourth-order valence-corrected chi connectivity index (χ4v) is 4.52. The van der Waals surface area contributed by atoms with Crippen LogP contribution in [0.4, 0.5) is 0 Å². The molecule has 2 aromatic rings. The van der Waals surface area contributed by atoms with Gasteiger partial charge in [-0.05, 0) is 18.6 Å². The van der Waals surface area contributed by atoms with Gasteiger partial charge in [0.25, 0.3) is 5.91 Å². The van der Waals surface area contributed by atoms with Crippen LogP contribution in [-0.4, -0.2) is 70.1 Å². The Balaban J connectivity index is 1.27. The van der Waals surface area contributed by atoms with Crippen molar-refractivity contribution in [3.05, 3.63) is 47.5 Å². The molecule has 3 aliphatic rings. The van der Waals surface area contributed by atoms with Crippen LogP contribution in [0.1, 0.15) is 30.0 Å². The minimum absolute atomic E-state index is 0.00102. The molecule has 8 nitrogen and oxygen atoms in total. The lowest BCUT2D eigenvalue weighted by Gasteiger charge is -2.35. The molecule has 0 aliphatic carbocycles. The van der Waals surface area contributed by atoms with E-state index in [-0.39, 0.29) is 24.3 Å². The molecule has 158 valence electrons. The SMILES string of the molecule is C[C@@H]1c2nc(CC(=O)N3CCOCC3)cn2CCN1C(=O)[C@@H]1Cc2ccccc2O1. The van der Waals surface area contributed by atoms with E-state index in [4.69, 9.17) is 14.5 Å². The number of hydrogen-bond donors (Lipinski definition) is 0. The lowest BCUT2D eigenvalue weighted by Crippen LogP contribution is -2.47. The maximum absolute atomic E-state index is 13.2. The zero-order valence-corrected chi connectivity index (χ0v) is 17.1. The first-order valence-electron chi connectivity index (χ1n) is 10.6. The lowest BCUT2D eigenvalue weighted by molar-refractivity contribution is -0.141. The average molecular weight is 410 g/mol. The number of hydrogen-bond acceptors (Lipinski definition) is 5. The molecule has 0 radical (unpaired) electrons. The number of imidazole rings is 1. The normalized spacial score (nSPS) is 23.0. The number of carbonyl (C=O) groups is 2. The molecular weight excluding hydrogens is 384 g/mol. The lowest BCUT2D eigenvalue weighted by atomic mass is 10.1. The third kappa shape index (κ3) is 3.45. The number of morpholine rings is 1. The third-order valence-electron chi connectivity index (χ3n) is 6.18. The monoisotopic (exact) mass is 410 g/mol. The van der Waals surface area contributed by atoms with E-state index < -0.39 is 6.10 Å². The summed E-state index contributed by atoms with van der Waals surface area (Å²) in [5.74, 6) is 1.70. The number of nitrogens with zero attached hydrogens (tertiary/aromatic N) is 4. The molecule has 5 rings (SSSR count). The highest BCUT2D eigenvalue weighted by atomic mass is 16.5. The number of para-hydroxylation sites is 1. The summed E-state index contributed by atoms with van der Waals surface area (Å²) in [7, 11) is 0. The highest BCUT2D eigenvalue weighted by molar-refractivity contribution is 5.83. The molecule has 1 aromatic carbocycles. The predicted molar refractivity (Wildman–Crippen MR) is 108 cm³/mol. The molecule has 1 fully saturated rings. The van der Waals surface area contributed by atoms with E-state index in [0.29, 0.717) is 45.8 Å². The van der Waals surface area contributed by atoms with Gasteiger partial charge in [0.15, 0.2) is 6.10 Å².